The van der Waals surface area contributed by atoms with Crippen molar-refractivity contribution in [3.05, 3.63) is 17.7 Å². The molecule has 0 fully saturated rings. The van der Waals surface area contributed by atoms with Gasteiger partial charge in [-0.1, -0.05) is 6.92 Å². The van der Waals surface area contributed by atoms with Crippen molar-refractivity contribution in [2.24, 2.45) is 5.84 Å². The smallest absolute Gasteiger partial charge is 0.325 e. The van der Waals surface area contributed by atoms with Crippen LogP contribution < -0.4 is 11.3 Å². The number of carboxylic acid groups (broad SMARTS) is 1. The summed E-state index contributed by atoms with van der Waals surface area (Å²) in [4.78, 5) is 11.3. The first-order valence-corrected chi connectivity index (χ1v) is 5.73. The predicted molar refractivity (Wildman–Crippen MR) is 67.8 cm³/mol. The summed E-state index contributed by atoms with van der Waals surface area (Å²) in [6.07, 6.45) is 0.399. The fraction of sp³-hybridized carbons (Fsp3) is 0.417. The first-order valence-electron chi connectivity index (χ1n) is 5.73. The van der Waals surface area contributed by atoms with Gasteiger partial charge in [-0.2, -0.15) is 0 Å². The van der Waals surface area contributed by atoms with E-state index in [9.17, 15) is 25.2 Å². The van der Waals surface area contributed by atoms with E-state index in [4.69, 9.17) is 5.84 Å². The molecule has 0 saturated carbocycles. The van der Waals surface area contributed by atoms with Crippen molar-refractivity contribution in [1.82, 2.24) is 5.43 Å². The monoisotopic (exact) mass is 270 g/mol. The lowest BCUT2D eigenvalue weighted by Gasteiger charge is -2.33. The van der Waals surface area contributed by atoms with E-state index in [-0.39, 0.29) is 0 Å². The van der Waals surface area contributed by atoms with Crippen molar-refractivity contribution in [3.63, 3.8) is 0 Å². The minimum absolute atomic E-state index is 0.359. The van der Waals surface area contributed by atoms with Crippen LogP contribution in [0.5, 0.6) is 17.2 Å². The van der Waals surface area contributed by atoms with Gasteiger partial charge in [0.1, 0.15) is 5.54 Å². The van der Waals surface area contributed by atoms with Crippen LogP contribution >= 0.6 is 0 Å². The van der Waals surface area contributed by atoms with Crippen molar-refractivity contribution < 1.29 is 25.2 Å². The van der Waals surface area contributed by atoms with E-state index in [1.807, 2.05) is 0 Å². The van der Waals surface area contributed by atoms with Gasteiger partial charge in [-0.25, -0.2) is 5.43 Å². The molecule has 2 unspecified atom stereocenters. The number of carboxylic acids is 1. The lowest BCUT2D eigenvalue weighted by molar-refractivity contribution is -0.145. The maximum absolute atomic E-state index is 11.3. The van der Waals surface area contributed by atoms with Crippen molar-refractivity contribution in [2.45, 2.75) is 31.7 Å². The average Bonchev–Trinajstić information content (AvgIpc) is 2.36. The van der Waals surface area contributed by atoms with Gasteiger partial charge in [0.05, 0.1) is 0 Å². The van der Waals surface area contributed by atoms with Crippen LogP contribution in [0.3, 0.4) is 0 Å². The normalized spacial score (nSPS) is 15.7. The Morgan fingerprint density at radius 1 is 1.37 bits per heavy atom. The van der Waals surface area contributed by atoms with Gasteiger partial charge >= 0.3 is 5.97 Å². The minimum atomic E-state index is -1.47. The summed E-state index contributed by atoms with van der Waals surface area (Å²) in [7, 11) is 0. The van der Waals surface area contributed by atoms with Crippen LogP contribution in [0.1, 0.15) is 31.7 Å². The lowest BCUT2D eigenvalue weighted by atomic mass is 9.79. The number of benzene rings is 1. The molecule has 0 bridgehead atoms. The third-order valence-corrected chi connectivity index (χ3v) is 3.34. The van der Waals surface area contributed by atoms with Crippen molar-refractivity contribution in [1.29, 1.82) is 0 Å². The highest BCUT2D eigenvalue weighted by molar-refractivity contribution is 5.80. The summed E-state index contributed by atoms with van der Waals surface area (Å²) in [5, 5.41) is 37.6. The number of carbonyl (C=O) groups is 1. The number of phenolic OH excluding ortho intramolecular Hbond substituents is 3. The highest BCUT2D eigenvalue weighted by atomic mass is 16.4. The number of nitrogens with two attached hydrogens (primary N) is 1. The summed E-state index contributed by atoms with van der Waals surface area (Å²) >= 11 is 0. The van der Waals surface area contributed by atoms with Crippen LogP contribution in [0, 0.1) is 0 Å². The van der Waals surface area contributed by atoms with Crippen LogP contribution in [0.25, 0.3) is 0 Å². The zero-order chi connectivity index (χ0) is 14.8. The Morgan fingerprint density at radius 2 is 1.84 bits per heavy atom. The van der Waals surface area contributed by atoms with Gasteiger partial charge in [0.2, 0.25) is 0 Å². The molecular weight excluding hydrogens is 252 g/mol. The fourth-order valence-corrected chi connectivity index (χ4v) is 2.12. The Balaban J connectivity index is 3.35. The lowest BCUT2D eigenvalue weighted by Crippen LogP contribution is -2.57. The molecule has 0 aromatic heterocycles. The molecule has 0 heterocycles. The van der Waals surface area contributed by atoms with Crippen LogP contribution in [-0.4, -0.2) is 31.9 Å². The van der Waals surface area contributed by atoms with E-state index < -0.39 is 34.7 Å². The topological polar surface area (TPSA) is 136 Å². The Kier molecular flexibility index (Phi) is 4.23. The van der Waals surface area contributed by atoms with Crippen molar-refractivity contribution in [2.75, 3.05) is 0 Å². The molecule has 1 aromatic rings. The number of nitrogens with one attached hydrogen (secondary N) is 1. The third-order valence-electron chi connectivity index (χ3n) is 3.34. The maximum atomic E-state index is 11.3. The Morgan fingerprint density at radius 3 is 2.16 bits per heavy atom. The van der Waals surface area contributed by atoms with E-state index in [0.717, 1.165) is 0 Å². The van der Waals surface area contributed by atoms with Crippen LogP contribution in [0.4, 0.5) is 0 Å². The van der Waals surface area contributed by atoms with Gasteiger partial charge in [-0.05, 0) is 31.0 Å². The van der Waals surface area contributed by atoms with Gasteiger partial charge in [-0.3, -0.25) is 10.6 Å². The molecular formula is C12H18N2O5. The number of hydrogen-bond acceptors (Lipinski definition) is 6. The highest BCUT2D eigenvalue weighted by Crippen LogP contribution is 2.41. The molecule has 2 atom stereocenters. The Labute approximate surface area is 110 Å². The summed E-state index contributed by atoms with van der Waals surface area (Å²) < 4.78 is 0. The van der Waals surface area contributed by atoms with E-state index in [1.54, 1.807) is 6.92 Å². The molecule has 0 aliphatic heterocycles. The maximum Gasteiger partial charge on any atom is 0.325 e. The largest absolute Gasteiger partial charge is 0.504 e. The summed E-state index contributed by atoms with van der Waals surface area (Å²) in [6, 6.07) is 2.42. The quantitative estimate of drug-likeness (QED) is 0.262. The van der Waals surface area contributed by atoms with Crippen LogP contribution in [-0.2, 0) is 4.79 Å². The number of phenols is 3. The summed E-state index contributed by atoms with van der Waals surface area (Å²) in [5.74, 6) is 1.89. The Bertz CT molecular complexity index is 468. The average molecular weight is 270 g/mol. The number of hydrogen-bond donors (Lipinski definition) is 6. The molecule has 1 rings (SSSR count). The number of aromatic hydroxyl groups is 3. The summed E-state index contributed by atoms with van der Waals surface area (Å²) in [5.41, 5.74) is 1.15. The molecule has 19 heavy (non-hydrogen) atoms. The highest BCUT2D eigenvalue weighted by Gasteiger charge is 2.41. The first kappa shape index (κ1) is 15.1. The number of aliphatic carboxylic acids is 1. The van der Waals surface area contributed by atoms with E-state index in [1.165, 1.54) is 19.1 Å². The molecule has 0 aliphatic rings. The number of rotatable bonds is 5. The zero-order valence-corrected chi connectivity index (χ0v) is 10.7. The molecule has 0 aliphatic carbocycles. The van der Waals surface area contributed by atoms with Crippen molar-refractivity contribution >= 4 is 5.97 Å². The molecule has 0 radical (unpaired) electrons. The van der Waals surface area contributed by atoms with Crippen LogP contribution in [0.2, 0.25) is 0 Å². The SMILES string of the molecule is CCC(c1cc(O)c(O)c(O)c1)C(C)(NN)C(=O)O. The van der Waals surface area contributed by atoms with Crippen molar-refractivity contribution in [3.8, 4) is 17.2 Å². The molecule has 0 amide bonds. The van der Waals surface area contributed by atoms with Gasteiger partial charge in [0, 0.05) is 5.92 Å². The minimum Gasteiger partial charge on any atom is -0.504 e. The second-order valence-electron chi connectivity index (χ2n) is 4.52. The second kappa shape index (κ2) is 5.33. The van der Waals surface area contributed by atoms with Gasteiger partial charge < -0.3 is 20.4 Å². The van der Waals surface area contributed by atoms with E-state index in [2.05, 4.69) is 5.43 Å². The summed E-state index contributed by atoms with van der Waals surface area (Å²) in [6.45, 7) is 3.16. The van der Waals surface area contributed by atoms with Gasteiger partial charge in [0.25, 0.3) is 0 Å². The predicted octanol–water partition coefficient (Wildman–Crippen LogP) is 0.604. The molecule has 106 valence electrons. The molecule has 1 aromatic carbocycles. The molecule has 7 heteroatoms. The first-order chi connectivity index (χ1) is 8.77. The Hall–Kier alpha value is -1.99. The van der Waals surface area contributed by atoms with Crippen LogP contribution in [0.15, 0.2) is 12.1 Å². The fourth-order valence-electron chi connectivity index (χ4n) is 2.12. The van der Waals surface area contributed by atoms with E-state index in [0.29, 0.717) is 12.0 Å². The van der Waals surface area contributed by atoms with Gasteiger partial charge in [0.15, 0.2) is 17.2 Å². The zero-order valence-electron chi connectivity index (χ0n) is 10.7. The molecule has 0 saturated heterocycles. The van der Waals surface area contributed by atoms with E-state index >= 15 is 0 Å². The second-order valence-corrected chi connectivity index (χ2v) is 4.52. The standard InChI is InChI=1S/C12H18N2O5/c1-3-7(12(2,14-13)11(18)19)6-4-8(15)10(17)9(16)5-6/h4-5,7,14-17H,3,13H2,1-2H3,(H,18,19). The van der Waals surface area contributed by atoms with Gasteiger partial charge in [-0.15, -0.1) is 0 Å². The molecule has 0 spiro atoms. The molecule has 7 nitrogen and oxygen atoms in total. The third kappa shape index (κ3) is 2.56. The molecule has 7 N–H and O–H groups in total. The number of hydrazine groups is 1.